The van der Waals surface area contributed by atoms with Crippen molar-refractivity contribution in [1.29, 1.82) is 0 Å². The summed E-state index contributed by atoms with van der Waals surface area (Å²) in [4.78, 5) is 37.7. The molecule has 26 heavy (non-hydrogen) atoms. The normalized spacial score (nSPS) is 21.0. The average Bonchev–Trinajstić information content (AvgIpc) is 2.44. The highest BCUT2D eigenvalue weighted by Crippen LogP contribution is 2.24. The van der Waals surface area contributed by atoms with Crippen LogP contribution < -0.4 is 5.32 Å². The Morgan fingerprint density at radius 3 is 2.12 bits per heavy atom. The number of piperidine rings is 1. The second-order valence-electron chi connectivity index (χ2n) is 8.51. The molecule has 0 bridgehead atoms. The topological polar surface area (TPSA) is 94.2 Å². The first-order valence-electron chi connectivity index (χ1n) is 8.85. The first kappa shape index (κ1) is 22.1. The Hall–Kier alpha value is -1.99. The number of amides is 2. The summed E-state index contributed by atoms with van der Waals surface area (Å²) in [6, 6.07) is -0.426. The quantitative estimate of drug-likeness (QED) is 0.605. The summed E-state index contributed by atoms with van der Waals surface area (Å²) in [5.74, 6) is -0.495. The third-order valence-corrected chi connectivity index (χ3v) is 3.77. The molecule has 1 saturated heterocycles. The monoisotopic (exact) mass is 372 g/mol. The zero-order chi connectivity index (χ0) is 20.1. The lowest BCUT2D eigenvalue weighted by Crippen LogP contribution is -2.55. The van der Waals surface area contributed by atoms with Crippen molar-refractivity contribution >= 4 is 18.2 Å². The Balaban J connectivity index is 2.82. The minimum absolute atomic E-state index is 0.145. The van der Waals surface area contributed by atoms with E-state index in [9.17, 15) is 14.4 Å². The number of carbonyl (C=O) groups excluding carboxylic acids is 3. The number of nitrogens with zero attached hydrogens (tertiary/aromatic N) is 1. The molecular weight excluding hydrogens is 340 g/mol. The average molecular weight is 372 g/mol. The van der Waals surface area contributed by atoms with Crippen LogP contribution in [0.1, 0.15) is 54.4 Å². The van der Waals surface area contributed by atoms with Gasteiger partial charge in [-0.25, -0.2) is 9.59 Å². The van der Waals surface area contributed by atoms with E-state index in [4.69, 9.17) is 14.2 Å². The molecule has 1 heterocycles. The molecule has 1 N–H and O–H groups in total. The highest BCUT2D eigenvalue weighted by Gasteiger charge is 2.36. The van der Waals surface area contributed by atoms with Crippen molar-refractivity contribution in [3.05, 3.63) is 0 Å². The Morgan fingerprint density at radius 2 is 1.62 bits per heavy atom. The Morgan fingerprint density at radius 1 is 1.04 bits per heavy atom. The molecule has 1 fully saturated rings. The van der Waals surface area contributed by atoms with E-state index in [1.54, 1.807) is 46.4 Å². The number of alkyl carbamates (subject to hydrolysis) is 1. The molecule has 150 valence electrons. The molecule has 8 heteroatoms. The summed E-state index contributed by atoms with van der Waals surface area (Å²) in [5.41, 5.74) is -1.24. The maximum atomic E-state index is 12.3. The Labute approximate surface area is 155 Å². The van der Waals surface area contributed by atoms with Gasteiger partial charge in [0.25, 0.3) is 0 Å². The van der Waals surface area contributed by atoms with E-state index in [-0.39, 0.29) is 24.9 Å². The van der Waals surface area contributed by atoms with Crippen molar-refractivity contribution < 1.29 is 28.6 Å². The minimum atomic E-state index is -0.637. The van der Waals surface area contributed by atoms with Gasteiger partial charge in [-0.15, -0.1) is 0 Å². The fourth-order valence-corrected chi connectivity index (χ4v) is 2.66. The van der Waals surface area contributed by atoms with E-state index < -0.39 is 29.4 Å². The number of ether oxygens (including phenoxy) is 3. The summed E-state index contributed by atoms with van der Waals surface area (Å²) >= 11 is 0. The lowest BCUT2D eigenvalue weighted by Gasteiger charge is -2.39. The molecule has 0 aromatic carbocycles. The van der Waals surface area contributed by atoms with Gasteiger partial charge in [0.1, 0.15) is 11.2 Å². The van der Waals surface area contributed by atoms with Gasteiger partial charge in [0, 0.05) is 13.1 Å². The van der Waals surface area contributed by atoms with Gasteiger partial charge in [0.2, 0.25) is 0 Å². The fraction of sp³-hybridized carbons (Fsp3) is 0.833. The van der Waals surface area contributed by atoms with Crippen molar-refractivity contribution in [2.45, 2.75) is 71.6 Å². The summed E-state index contributed by atoms with van der Waals surface area (Å²) in [6.07, 6.45) is -0.304. The fourth-order valence-electron chi connectivity index (χ4n) is 2.66. The van der Waals surface area contributed by atoms with Crippen molar-refractivity contribution in [2.75, 3.05) is 20.2 Å². The van der Waals surface area contributed by atoms with E-state index in [0.717, 1.165) is 0 Å². The van der Waals surface area contributed by atoms with Crippen LogP contribution in [0, 0.1) is 5.92 Å². The molecule has 0 spiro atoms. The number of likely N-dealkylation sites (tertiary alicyclic amines) is 1. The Bertz CT molecular complexity index is 521. The second-order valence-corrected chi connectivity index (χ2v) is 8.51. The van der Waals surface area contributed by atoms with Crippen LogP contribution in [0.25, 0.3) is 0 Å². The lowest BCUT2D eigenvalue weighted by atomic mass is 9.89. The first-order valence-corrected chi connectivity index (χ1v) is 8.85. The van der Waals surface area contributed by atoms with E-state index in [2.05, 4.69) is 5.32 Å². The number of carbonyl (C=O) groups is 3. The van der Waals surface area contributed by atoms with E-state index in [0.29, 0.717) is 13.0 Å². The van der Waals surface area contributed by atoms with Crippen molar-refractivity contribution in [2.24, 2.45) is 5.92 Å². The van der Waals surface area contributed by atoms with Crippen molar-refractivity contribution in [1.82, 2.24) is 10.2 Å². The predicted molar refractivity (Wildman–Crippen MR) is 95.7 cm³/mol. The highest BCUT2D eigenvalue weighted by atomic mass is 16.6. The van der Waals surface area contributed by atoms with Gasteiger partial charge < -0.3 is 24.4 Å². The van der Waals surface area contributed by atoms with Crippen molar-refractivity contribution in [3.63, 3.8) is 0 Å². The zero-order valence-electron chi connectivity index (χ0n) is 16.9. The zero-order valence-corrected chi connectivity index (χ0v) is 16.9. The largest absolute Gasteiger partial charge is 0.469 e. The van der Waals surface area contributed by atoms with Crippen LogP contribution in [-0.4, -0.2) is 60.5 Å². The number of methoxy groups -OCH3 is 1. The van der Waals surface area contributed by atoms with Gasteiger partial charge in [-0.1, -0.05) is 0 Å². The maximum absolute atomic E-state index is 12.3. The van der Waals surface area contributed by atoms with Gasteiger partial charge in [-0.05, 0) is 53.9 Å². The van der Waals surface area contributed by atoms with Crippen LogP contribution in [-0.2, 0) is 19.0 Å². The van der Waals surface area contributed by atoms with Crippen molar-refractivity contribution in [3.8, 4) is 0 Å². The molecule has 0 aromatic heterocycles. The van der Waals surface area contributed by atoms with Gasteiger partial charge in [-0.3, -0.25) is 4.79 Å². The van der Waals surface area contributed by atoms with Crippen LogP contribution in [0.5, 0.6) is 0 Å². The molecule has 1 aliphatic rings. The van der Waals surface area contributed by atoms with E-state index in [1.165, 1.54) is 7.11 Å². The summed E-state index contributed by atoms with van der Waals surface area (Å²) in [7, 11) is 1.33. The smallest absolute Gasteiger partial charge is 0.410 e. The van der Waals surface area contributed by atoms with Gasteiger partial charge in [0.15, 0.2) is 0 Å². The molecule has 1 rings (SSSR count). The molecule has 8 nitrogen and oxygen atoms in total. The van der Waals surface area contributed by atoms with Crippen LogP contribution >= 0.6 is 0 Å². The Kier molecular flexibility index (Phi) is 7.29. The number of nitrogens with one attached hydrogen (secondary N) is 1. The van der Waals surface area contributed by atoms with Gasteiger partial charge in [-0.2, -0.15) is 0 Å². The number of esters is 1. The standard InChI is InChI=1S/C18H32N2O6/c1-17(2,3)25-15(22)19-13-11-20(16(23)26-18(4,5)6)9-8-12(13)10-14(21)24-7/h12-13H,8-11H2,1-7H3,(H,19,22). The third-order valence-electron chi connectivity index (χ3n) is 3.77. The molecule has 0 aliphatic carbocycles. The molecule has 0 saturated carbocycles. The predicted octanol–water partition coefficient (Wildman–Crippen LogP) is 2.70. The maximum Gasteiger partial charge on any atom is 0.410 e. The number of hydrogen-bond donors (Lipinski definition) is 1. The minimum Gasteiger partial charge on any atom is -0.469 e. The molecule has 2 amide bonds. The number of rotatable bonds is 3. The van der Waals surface area contributed by atoms with Crippen LogP contribution in [0.15, 0.2) is 0 Å². The summed E-state index contributed by atoms with van der Waals surface area (Å²) in [5, 5.41) is 2.78. The van der Waals surface area contributed by atoms with Crippen LogP contribution in [0.3, 0.4) is 0 Å². The van der Waals surface area contributed by atoms with Gasteiger partial charge >= 0.3 is 18.2 Å². The highest BCUT2D eigenvalue weighted by molar-refractivity contribution is 5.72. The summed E-state index contributed by atoms with van der Waals surface area (Å²) < 4.78 is 15.4. The SMILES string of the molecule is COC(=O)CC1CCN(C(=O)OC(C)(C)C)CC1NC(=O)OC(C)(C)C. The van der Waals surface area contributed by atoms with Crippen LogP contribution in [0.2, 0.25) is 0 Å². The third kappa shape index (κ3) is 7.93. The van der Waals surface area contributed by atoms with Gasteiger partial charge in [0.05, 0.1) is 19.6 Å². The van der Waals surface area contributed by atoms with E-state index >= 15 is 0 Å². The van der Waals surface area contributed by atoms with E-state index in [1.807, 2.05) is 0 Å². The molecule has 2 unspecified atom stereocenters. The molecule has 0 radical (unpaired) electrons. The molecular formula is C18H32N2O6. The molecule has 2 atom stereocenters. The molecule has 0 aromatic rings. The van der Waals surface area contributed by atoms with Crippen LogP contribution in [0.4, 0.5) is 9.59 Å². The first-order chi connectivity index (χ1) is 11.8. The lowest BCUT2D eigenvalue weighted by molar-refractivity contribution is -0.142. The second kappa shape index (κ2) is 8.60. The number of hydrogen-bond acceptors (Lipinski definition) is 6. The summed E-state index contributed by atoms with van der Waals surface area (Å²) in [6.45, 7) is 11.4. The molecule has 1 aliphatic heterocycles.